The van der Waals surface area contributed by atoms with Crippen LogP contribution in [0.3, 0.4) is 0 Å². The van der Waals surface area contributed by atoms with E-state index in [0.29, 0.717) is 18.2 Å². The van der Waals surface area contributed by atoms with E-state index in [0.717, 1.165) is 12.8 Å². The van der Waals surface area contributed by atoms with Crippen LogP contribution in [0.25, 0.3) is 0 Å². The van der Waals surface area contributed by atoms with Gasteiger partial charge in [0.05, 0.1) is 6.42 Å². The zero-order valence-electron chi connectivity index (χ0n) is 12.1. The Morgan fingerprint density at radius 3 is 2.22 bits per heavy atom. The summed E-state index contributed by atoms with van der Waals surface area (Å²) in [7, 11) is 0. The summed E-state index contributed by atoms with van der Waals surface area (Å²) in [5, 5.41) is 0. The molecule has 0 saturated heterocycles. The monoisotopic (exact) mass is 250 g/mol. The number of carbonyl (C=O) groups is 1. The average molecular weight is 250 g/mol. The van der Waals surface area contributed by atoms with Crippen LogP contribution in [0.4, 0.5) is 0 Å². The third-order valence-corrected chi connectivity index (χ3v) is 4.29. The van der Waals surface area contributed by atoms with Gasteiger partial charge in [-0.1, -0.05) is 33.1 Å². The molecule has 2 nitrogen and oxygen atoms in total. The smallest absolute Gasteiger partial charge is 0.158 e. The molecular formula is C16H28NO+. The first kappa shape index (κ1) is 13.8. The second-order valence-corrected chi connectivity index (χ2v) is 7.02. The van der Waals surface area contributed by atoms with Gasteiger partial charge in [-0.25, -0.2) is 4.99 Å². The van der Waals surface area contributed by atoms with Crippen LogP contribution in [0.2, 0.25) is 0 Å². The molecule has 1 N–H and O–H groups in total. The van der Waals surface area contributed by atoms with E-state index in [2.05, 4.69) is 18.8 Å². The topological polar surface area (TPSA) is 31.0 Å². The molecule has 0 heterocycles. The Morgan fingerprint density at radius 2 is 1.61 bits per heavy atom. The molecule has 0 unspecified atom stereocenters. The van der Waals surface area contributed by atoms with Crippen LogP contribution in [0.15, 0.2) is 0 Å². The molecule has 0 aromatic rings. The summed E-state index contributed by atoms with van der Waals surface area (Å²) in [4.78, 5) is 15.5. The molecule has 18 heavy (non-hydrogen) atoms. The lowest BCUT2D eigenvalue weighted by Crippen LogP contribution is -2.80. The average Bonchev–Trinajstić information content (AvgIpc) is 2.18. The maximum absolute atomic E-state index is 11.8. The maximum atomic E-state index is 11.8. The van der Waals surface area contributed by atoms with Gasteiger partial charge in [0.2, 0.25) is 0 Å². The molecule has 2 aliphatic rings. The Morgan fingerprint density at radius 1 is 1.00 bits per heavy atom. The normalized spacial score (nSPS) is 29.0. The molecular weight excluding hydrogens is 222 g/mol. The fourth-order valence-electron chi connectivity index (χ4n) is 3.53. The second kappa shape index (κ2) is 5.99. The standard InChI is InChI=1S/C16H27NO/c1-16(2)11-14(10-15(18)12-16)17-13-8-6-4-3-5-7-9-13/h13H,3-12H2,1-2H3/p+1. The summed E-state index contributed by atoms with van der Waals surface area (Å²) in [5.41, 5.74) is 1.47. The van der Waals surface area contributed by atoms with Gasteiger partial charge in [0, 0.05) is 25.7 Å². The molecule has 2 saturated carbocycles. The number of nitrogens with one attached hydrogen (secondary N) is 1. The third kappa shape index (κ3) is 4.22. The fourth-order valence-corrected chi connectivity index (χ4v) is 3.53. The third-order valence-electron chi connectivity index (χ3n) is 4.29. The summed E-state index contributed by atoms with van der Waals surface area (Å²) in [6.45, 7) is 4.42. The van der Waals surface area contributed by atoms with Crippen molar-refractivity contribution in [3.63, 3.8) is 0 Å². The van der Waals surface area contributed by atoms with Gasteiger partial charge < -0.3 is 0 Å². The first-order chi connectivity index (χ1) is 8.55. The van der Waals surface area contributed by atoms with E-state index in [4.69, 9.17) is 0 Å². The van der Waals surface area contributed by atoms with Gasteiger partial charge in [-0.3, -0.25) is 4.79 Å². The van der Waals surface area contributed by atoms with Crippen molar-refractivity contribution >= 4 is 11.5 Å². The first-order valence-corrected chi connectivity index (χ1v) is 7.68. The minimum absolute atomic E-state index is 0.166. The molecule has 2 aliphatic carbocycles. The van der Waals surface area contributed by atoms with Crippen molar-refractivity contribution < 1.29 is 9.79 Å². The number of hydrogen-bond donors (Lipinski definition) is 1. The number of ketones is 1. The molecule has 0 aromatic carbocycles. The highest BCUT2D eigenvalue weighted by molar-refractivity contribution is 6.02. The molecule has 2 rings (SSSR count). The van der Waals surface area contributed by atoms with Crippen LogP contribution in [-0.2, 0) is 4.79 Å². The van der Waals surface area contributed by atoms with Crippen LogP contribution in [0.5, 0.6) is 0 Å². The minimum atomic E-state index is 0.166. The van der Waals surface area contributed by atoms with Crippen molar-refractivity contribution in [2.24, 2.45) is 5.41 Å². The Kier molecular flexibility index (Phi) is 4.58. The summed E-state index contributed by atoms with van der Waals surface area (Å²) < 4.78 is 0. The van der Waals surface area contributed by atoms with Gasteiger partial charge in [-0.15, -0.1) is 0 Å². The van der Waals surface area contributed by atoms with Gasteiger partial charge in [0.15, 0.2) is 11.8 Å². The Labute approximate surface area is 111 Å². The molecule has 0 atom stereocenters. The molecule has 0 bridgehead atoms. The van der Waals surface area contributed by atoms with Crippen LogP contribution in [0, 0.1) is 5.41 Å². The highest BCUT2D eigenvalue weighted by Gasteiger charge is 2.33. The van der Waals surface area contributed by atoms with E-state index in [1.54, 1.807) is 0 Å². The highest BCUT2D eigenvalue weighted by Crippen LogP contribution is 2.30. The van der Waals surface area contributed by atoms with Crippen LogP contribution < -0.4 is 4.99 Å². The van der Waals surface area contributed by atoms with Crippen molar-refractivity contribution in [1.29, 1.82) is 0 Å². The molecule has 0 aliphatic heterocycles. The van der Waals surface area contributed by atoms with Gasteiger partial charge in [-0.05, 0) is 18.3 Å². The van der Waals surface area contributed by atoms with Gasteiger partial charge in [0.1, 0.15) is 5.78 Å². The number of Topliss-reactive ketones (excluding diaryl/α,β-unsaturated/α-hetero) is 1. The van der Waals surface area contributed by atoms with Crippen LogP contribution in [-0.4, -0.2) is 17.5 Å². The Bertz CT molecular complexity index is 322. The zero-order valence-corrected chi connectivity index (χ0v) is 12.1. The van der Waals surface area contributed by atoms with Crippen molar-refractivity contribution in [3.05, 3.63) is 0 Å². The highest BCUT2D eigenvalue weighted by atomic mass is 16.1. The van der Waals surface area contributed by atoms with Crippen LogP contribution >= 0.6 is 0 Å². The van der Waals surface area contributed by atoms with E-state index in [9.17, 15) is 4.79 Å². The predicted molar refractivity (Wildman–Crippen MR) is 74.7 cm³/mol. The summed E-state index contributed by atoms with van der Waals surface area (Å²) in [5.74, 6) is 0.416. The lowest BCUT2D eigenvalue weighted by atomic mass is 9.76. The molecule has 102 valence electrons. The number of rotatable bonds is 1. The van der Waals surface area contributed by atoms with E-state index in [1.807, 2.05) is 0 Å². The quantitative estimate of drug-likeness (QED) is 0.761. The Balaban J connectivity index is 1.99. The zero-order chi connectivity index (χ0) is 13.0. The molecule has 2 fully saturated rings. The van der Waals surface area contributed by atoms with Crippen molar-refractivity contribution in [3.8, 4) is 0 Å². The van der Waals surface area contributed by atoms with Crippen molar-refractivity contribution in [2.45, 2.75) is 84.1 Å². The SMILES string of the molecule is CC1(C)CC(=O)CC(=[NH+]C2CCCCCCC2)C1. The lowest BCUT2D eigenvalue weighted by Gasteiger charge is -2.27. The predicted octanol–water partition coefficient (Wildman–Crippen LogP) is 2.40. The lowest BCUT2D eigenvalue weighted by molar-refractivity contribution is -0.508. The molecule has 0 amide bonds. The minimum Gasteiger partial charge on any atom is -0.299 e. The van der Waals surface area contributed by atoms with E-state index < -0.39 is 0 Å². The van der Waals surface area contributed by atoms with Gasteiger partial charge in [0.25, 0.3) is 0 Å². The van der Waals surface area contributed by atoms with E-state index in [-0.39, 0.29) is 5.41 Å². The van der Waals surface area contributed by atoms with Gasteiger partial charge in [-0.2, -0.15) is 0 Å². The number of hydrogen-bond acceptors (Lipinski definition) is 1. The van der Waals surface area contributed by atoms with Crippen LogP contribution in [0.1, 0.15) is 78.1 Å². The summed E-state index contributed by atoms with van der Waals surface area (Å²) >= 11 is 0. The van der Waals surface area contributed by atoms with Gasteiger partial charge >= 0.3 is 0 Å². The molecule has 0 radical (unpaired) electrons. The molecule has 2 heteroatoms. The van der Waals surface area contributed by atoms with E-state index >= 15 is 0 Å². The number of carbonyl (C=O) groups excluding carboxylic acids is 1. The maximum Gasteiger partial charge on any atom is 0.158 e. The van der Waals surface area contributed by atoms with E-state index in [1.165, 1.54) is 50.7 Å². The largest absolute Gasteiger partial charge is 0.299 e. The van der Waals surface area contributed by atoms with Crippen molar-refractivity contribution in [1.82, 2.24) is 0 Å². The fraction of sp³-hybridized carbons (Fsp3) is 0.875. The molecule has 0 spiro atoms. The second-order valence-electron chi connectivity index (χ2n) is 7.02. The summed E-state index contributed by atoms with van der Waals surface area (Å²) in [6, 6.07) is 0.627. The summed E-state index contributed by atoms with van der Waals surface area (Å²) in [6.07, 6.45) is 12.0. The molecule has 0 aromatic heterocycles. The Hall–Kier alpha value is -0.660. The van der Waals surface area contributed by atoms with Crippen molar-refractivity contribution in [2.75, 3.05) is 0 Å². The first-order valence-electron chi connectivity index (χ1n) is 7.68.